The van der Waals surface area contributed by atoms with E-state index < -0.39 is 5.41 Å². The second-order valence-electron chi connectivity index (χ2n) is 19.8. The summed E-state index contributed by atoms with van der Waals surface area (Å²) in [6.45, 7) is 12.1. The molecule has 0 aromatic heterocycles. The van der Waals surface area contributed by atoms with Crippen molar-refractivity contribution in [3.8, 4) is 33.4 Å². The maximum Gasteiger partial charge on any atom is 0.0714 e. The number of hydrogen-bond acceptors (Lipinski definition) is 1. The third-order valence-electron chi connectivity index (χ3n) is 15.1. The number of rotatable bonds is 7. The summed E-state index contributed by atoms with van der Waals surface area (Å²) in [5, 5.41) is 0. The predicted octanol–water partition coefficient (Wildman–Crippen LogP) is 16.4. The van der Waals surface area contributed by atoms with E-state index >= 15 is 0 Å². The lowest BCUT2D eigenvalue weighted by Gasteiger charge is -2.42. The summed E-state index contributed by atoms with van der Waals surface area (Å²) in [5.74, 6) is 0. The molecule has 8 aromatic rings. The molecule has 0 fully saturated rings. The summed E-state index contributed by atoms with van der Waals surface area (Å²) in [7, 11) is 0. The lowest BCUT2D eigenvalue weighted by molar-refractivity contribution is 0.332. The van der Waals surface area contributed by atoms with Crippen LogP contribution in [0.5, 0.6) is 0 Å². The van der Waals surface area contributed by atoms with Crippen LogP contribution >= 0.6 is 0 Å². The largest absolute Gasteiger partial charge is 0.310 e. The van der Waals surface area contributed by atoms with E-state index in [0.29, 0.717) is 0 Å². The minimum atomic E-state index is -0.530. The van der Waals surface area contributed by atoms with Gasteiger partial charge in [0.2, 0.25) is 0 Å². The molecule has 3 aliphatic carbocycles. The number of hydrogen-bond donors (Lipinski definition) is 0. The van der Waals surface area contributed by atoms with Crippen LogP contribution in [0.3, 0.4) is 0 Å². The van der Waals surface area contributed by atoms with E-state index in [2.05, 4.69) is 222 Å². The Morgan fingerprint density at radius 1 is 0.397 bits per heavy atom. The van der Waals surface area contributed by atoms with Gasteiger partial charge in [0.05, 0.1) is 11.1 Å². The van der Waals surface area contributed by atoms with E-state index in [0.717, 1.165) is 18.5 Å². The van der Waals surface area contributed by atoms with Gasteiger partial charge in [-0.25, -0.2) is 0 Å². The Morgan fingerprint density at radius 3 is 1.62 bits per heavy atom. The van der Waals surface area contributed by atoms with Crippen LogP contribution < -0.4 is 4.90 Å². The molecule has 11 rings (SSSR count). The van der Waals surface area contributed by atoms with Crippen molar-refractivity contribution in [3.05, 3.63) is 232 Å². The molecule has 0 atom stereocenters. The monoisotopic (exact) mass is 815 g/mol. The van der Waals surface area contributed by atoms with E-state index in [-0.39, 0.29) is 10.8 Å². The average Bonchev–Trinajstić information content (AvgIpc) is 3.61. The zero-order chi connectivity index (χ0) is 42.9. The van der Waals surface area contributed by atoms with Crippen molar-refractivity contribution in [1.29, 1.82) is 0 Å². The molecule has 0 amide bonds. The van der Waals surface area contributed by atoms with Crippen molar-refractivity contribution in [3.63, 3.8) is 0 Å². The van der Waals surface area contributed by atoms with Crippen LogP contribution in [-0.4, -0.2) is 0 Å². The van der Waals surface area contributed by atoms with Gasteiger partial charge in [0, 0.05) is 16.9 Å². The lowest BCUT2D eigenvalue weighted by Crippen LogP contribution is -2.34. The summed E-state index contributed by atoms with van der Waals surface area (Å²) in [5.41, 5.74) is 23.4. The Bertz CT molecular complexity index is 2950. The lowest BCUT2D eigenvalue weighted by atomic mass is 9.63. The Balaban J connectivity index is 1.26. The van der Waals surface area contributed by atoms with Crippen molar-refractivity contribution in [1.82, 2.24) is 0 Å². The van der Waals surface area contributed by atoms with Gasteiger partial charge in [-0.1, -0.05) is 173 Å². The molecule has 0 bridgehead atoms. The molecular formula is C62H57N. The molecule has 0 N–H and O–H groups in total. The van der Waals surface area contributed by atoms with Crippen LogP contribution in [0, 0.1) is 6.92 Å². The zero-order valence-corrected chi connectivity index (χ0v) is 37.5. The summed E-state index contributed by atoms with van der Waals surface area (Å²) in [4.78, 5) is 2.60. The van der Waals surface area contributed by atoms with E-state index in [1.165, 1.54) is 121 Å². The first-order chi connectivity index (χ1) is 30.6. The van der Waals surface area contributed by atoms with Gasteiger partial charge in [-0.2, -0.15) is 0 Å². The van der Waals surface area contributed by atoms with Crippen molar-refractivity contribution in [2.24, 2.45) is 0 Å². The summed E-state index contributed by atoms with van der Waals surface area (Å²) in [6, 6.07) is 69.5. The van der Waals surface area contributed by atoms with Crippen LogP contribution in [-0.2, 0) is 29.1 Å². The van der Waals surface area contributed by atoms with E-state index in [1.54, 1.807) is 0 Å². The first-order valence-electron chi connectivity index (χ1n) is 23.3. The quantitative estimate of drug-likeness (QED) is 0.155. The molecule has 0 saturated carbocycles. The minimum Gasteiger partial charge on any atom is -0.310 e. The van der Waals surface area contributed by atoms with Crippen LogP contribution in [0.25, 0.3) is 33.4 Å². The first-order valence-corrected chi connectivity index (χ1v) is 23.3. The highest BCUT2D eigenvalue weighted by atomic mass is 15.1. The van der Waals surface area contributed by atoms with Crippen molar-refractivity contribution in [2.45, 2.75) is 89.4 Å². The van der Waals surface area contributed by atoms with Gasteiger partial charge in [0.25, 0.3) is 0 Å². The highest BCUT2D eigenvalue weighted by Gasteiger charge is 2.47. The Labute approximate surface area is 375 Å². The van der Waals surface area contributed by atoms with Gasteiger partial charge in [-0.3, -0.25) is 0 Å². The Hall–Kier alpha value is -6.44. The normalized spacial score (nSPS) is 16.3. The van der Waals surface area contributed by atoms with Gasteiger partial charge in [0.15, 0.2) is 0 Å². The fourth-order valence-electron chi connectivity index (χ4n) is 11.7. The number of aryl methyl sites for hydroxylation is 3. The highest BCUT2D eigenvalue weighted by Crippen LogP contribution is 2.59. The van der Waals surface area contributed by atoms with Gasteiger partial charge in [-0.05, 0) is 171 Å². The van der Waals surface area contributed by atoms with Crippen LogP contribution in [0.4, 0.5) is 17.1 Å². The molecule has 1 heteroatoms. The van der Waals surface area contributed by atoms with Crippen molar-refractivity contribution >= 4 is 17.1 Å². The van der Waals surface area contributed by atoms with Crippen LogP contribution in [0.2, 0.25) is 0 Å². The molecule has 0 saturated heterocycles. The molecule has 0 heterocycles. The van der Waals surface area contributed by atoms with E-state index in [9.17, 15) is 0 Å². The molecule has 310 valence electrons. The molecule has 0 aliphatic heterocycles. The number of nitrogens with zero attached hydrogens (tertiary/aromatic N) is 1. The fraction of sp³-hybridized carbons (Fsp3) is 0.226. The zero-order valence-electron chi connectivity index (χ0n) is 37.5. The molecule has 63 heavy (non-hydrogen) atoms. The summed E-state index contributed by atoms with van der Waals surface area (Å²) >= 11 is 0. The number of fused-ring (bicyclic) bond motifs is 5. The van der Waals surface area contributed by atoms with Gasteiger partial charge >= 0.3 is 0 Å². The SMILES string of the molecule is Cc1cc2c(cc1-c1cc3c(cc1N(c1ccc(-c4ccccc4)cc1)c1ccc4c(c1)C(C)(C)CCC4(C)C)C(c1ccccc1)(c1ccccc1)c1ccccc1-3)CCCC2. The third kappa shape index (κ3) is 6.42. The topological polar surface area (TPSA) is 3.24 Å². The van der Waals surface area contributed by atoms with Gasteiger partial charge in [0.1, 0.15) is 0 Å². The Morgan fingerprint density at radius 2 is 0.952 bits per heavy atom. The predicted molar refractivity (Wildman–Crippen MR) is 266 cm³/mol. The number of anilines is 3. The van der Waals surface area contributed by atoms with Gasteiger partial charge < -0.3 is 4.90 Å². The standard InChI is InChI=1S/C62H57N/c1-42-37-45-21-15-16-22-46(45)38-52(42)54-40-53-51-27-17-18-28-55(51)62(47-23-11-7-12-24-47,48-25-13-8-14-26-48)57(53)41-59(54)63(49-31-29-44(30-32-49)43-19-9-6-10-20-43)50-33-34-56-58(39-50)61(4,5)36-35-60(56,2)3/h6-14,17-20,23-34,37-41H,15-16,21-22,35-36H2,1-5H3. The highest BCUT2D eigenvalue weighted by molar-refractivity contribution is 5.97. The average molecular weight is 816 g/mol. The molecule has 0 spiro atoms. The maximum absolute atomic E-state index is 2.60. The van der Waals surface area contributed by atoms with Crippen LogP contribution in [0.15, 0.2) is 182 Å². The fourth-order valence-corrected chi connectivity index (χ4v) is 11.7. The molecule has 8 aromatic carbocycles. The van der Waals surface area contributed by atoms with Crippen LogP contribution in [0.1, 0.15) is 103 Å². The number of benzene rings is 8. The summed E-state index contributed by atoms with van der Waals surface area (Å²) < 4.78 is 0. The molecular weight excluding hydrogens is 759 g/mol. The van der Waals surface area contributed by atoms with Crippen molar-refractivity contribution in [2.75, 3.05) is 4.90 Å². The van der Waals surface area contributed by atoms with Gasteiger partial charge in [-0.15, -0.1) is 0 Å². The Kier molecular flexibility index (Phi) is 9.46. The van der Waals surface area contributed by atoms with E-state index in [1.807, 2.05) is 0 Å². The molecule has 0 unspecified atom stereocenters. The third-order valence-corrected chi connectivity index (χ3v) is 15.1. The molecule has 0 radical (unpaired) electrons. The van der Waals surface area contributed by atoms with E-state index in [4.69, 9.17) is 0 Å². The summed E-state index contributed by atoms with van der Waals surface area (Å²) in [6.07, 6.45) is 7.17. The second-order valence-corrected chi connectivity index (χ2v) is 19.8. The maximum atomic E-state index is 2.60. The second kappa shape index (κ2) is 15.1. The minimum absolute atomic E-state index is 0.0525. The smallest absolute Gasteiger partial charge is 0.0714 e. The van der Waals surface area contributed by atoms with Crippen molar-refractivity contribution < 1.29 is 0 Å². The first kappa shape index (κ1) is 39.4. The molecule has 1 nitrogen and oxygen atoms in total. The molecule has 3 aliphatic rings.